The van der Waals surface area contributed by atoms with Crippen LogP contribution in [0.2, 0.25) is 0 Å². The van der Waals surface area contributed by atoms with Crippen molar-refractivity contribution in [2.24, 2.45) is 50.7 Å². The Morgan fingerprint density at radius 3 is 2.26 bits per heavy atom. The van der Waals surface area contributed by atoms with E-state index in [9.17, 15) is 30.0 Å². The van der Waals surface area contributed by atoms with E-state index in [2.05, 4.69) is 54.5 Å². The molecule has 1 saturated heterocycles. The Labute approximate surface area is 256 Å². The van der Waals surface area contributed by atoms with Crippen LogP contribution < -0.4 is 0 Å². The first kappa shape index (κ1) is 31.7. The van der Waals surface area contributed by atoms with Gasteiger partial charge in [0.05, 0.1) is 6.10 Å². The number of carbonyl (C=O) groups excluding carboxylic acids is 1. The third-order valence-electron chi connectivity index (χ3n) is 14.3. The largest absolute Gasteiger partial charge is 0.479 e. The van der Waals surface area contributed by atoms with Gasteiger partial charge in [0.1, 0.15) is 24.1 Å². The van der Waals surface area contributed by atoms with Crippen LogP contribution in [0.25, 0.3) is 0 Å². The minimum atomic E-state index is -1.74. The number of aliphatic hydroxyl groups excluding tert-OH is 3. The van der Waals surface area contributed by atoms with Crippen molar-refractivity contribution in [3.8, 4) is 0 Å². The molecular weight excluding hydrogens is 548 g/mol. The van der Waals surface area contributed by atoms with Gasteiger partial charge in [-0.05, 0) is 90.8 Å². The minimum Gasteiger partial charge on any atom is -0.479 e. The molecule has 0 aromatic carbocycles. The Morgan fingerprint density at radius 2 is 1.58 bits per heavy atom. The molecule has 1 heterocycles. The Kier molecular flexibility index (Phi) is 7.43. The summed E-state index contributed by atoms with van der Waals surface area (Å²) in [5.41, 5.74) is 1.39. The average molecular weight is 603 g/mol. The Bertz CT molecular complexity index is 1190. The normalized spacial score (nSPS) is 52.1. The van der Waals surface area contributed by atoms with Gasteiger partial charge in [0.25, 0.3) is 0 Å². The molecule has 1 aliphatic heterocycles. The van der Waals surface area contributed by atoms with E-state index < -0.39 is 36.7 Å². The Balaban J connectivity index is 1.28. The van der Waals surface area contributed by atoms with Crippen molar-refractivity contribution < 1.29 is 39.5 Å². The van der Waals surface area contributed by atoms with Gasteiger partial charge in [-0.3, -0.25) is 4.79 Å². The molecule has 242 valence electrons. The van der Waals surface area contributed by atoms with Gasteiger partial charge in [0.2, 0.25) is 0 Å². The number of hydrogen-bond acceptors (Lipinski definition) is 7. The molecule has 0 amide bonds. The van der Waals surface area contributed by atoms with Crippen molar-refractivity contribution in [2.45, 2.75) is 143 Å². The summed E-state index contributed by atoms with van der Waals surface area (Å²) < 4.78 is 11.9. The van der Waals surface area contributed by atoms with Crippen LogP contribution in [0.1, 0.15) is 106 Å². The van der Waals surface area contributed by atoms with Crippen LogP contribution in [-0.4, -0.2) is 69.0 Å². The molecule has 0 spiro atoms. The van der Waals surface area contributed by atoms with Crippen LogP contribution in [-0.2, 0) is 19.1 Å². The van der Waals surface area contributed by atoms with Crippen LogP contribution in [0.4, 0.5) is 0 Å². The average Bonchev–Trinajstić information content (AvgIpc) is 2.90. The molecule has 5 aliphatic carbocycles. The lowest BCUT2D eigenvalue weighted by molar-refractivity contribution is -0.323. The number of carboxylic acids is 1. The number of allylic oxidation sites excluding steroid dienone is 2. The summed E-state index contributed by atoms with van der Waals surface area (Å²) in [4.78, 5) is 25.5. The number of fused-ring (bicyclic) bond motifs is 7. The van der Waals surface area contributed by atoms with Crippen LogP contribution in [0, 0.1) is 50.7 Å². The van der Waals surface area contributed by atoms with Crippen molar-refractivity contribution in [1.82, 2.24) is 0 Å². The summed E-state index contributed by atoms with van der Waals surface area (Å²) in [6.07, 6.45) is 2.83. The van der Waals surface area contributed by atoms with E-state index >= 15 is 0 Å². The summed E-state index contributed by atoms with van der Waals surface area (Å²) in [5.74, 6) is 0.343. The van der Waals surface area contributed by atoms with Gasteiger partial charge in [-0.2, -0.15) is 0 Å². The zero-order valence-corrected chi connectivity index (χ0v) is 27.1. The first-order chi connectivity index (χ1) is 19.9. The summed E-state index contributed by atoms with van der Waals surface area (Å²) in [7, 11) is 0. The van der Waals surface area contributed by atoms with E-state index in [0.717, 1.165) is 44.9 Å². The molecule has 5 fully saturated rings. The molecule has 0 radical (unpaired) electrons. The maximum atomic E-state index is 13.8. The van der Waals surface area contributed by atoms with Crippen molar-refractivity contribution in [1.29, 1.82) is 0 Å². The zero-order valence-electron chi connectivity index (χ0n) is 27.1. The van der Waals surface area contributed by atoms with E-state index in [0.29, 0.717) is 36.4 Å². The number of ether oxygens (including phenoxy) is 2. The summed E-state index contributed by atoms with van der Waals surface area (Å²) in [6, 6.07) is 0. The van der Waals surface area contributed by atoms with Gasteiger partial charge in [-0.15, -0.1) is 0 Å². The molecule has 0 aromatic rings. The number of hydrogen-bond donors (Lipinski definition) is 4. The number of ketones is 1. The lowest BCUT2D eigenvalue weighted by Gasteiger charge is -2.70. The van der Waals surface area contributed by atoms with Crippen LogP contribution in [0.5, 0.6) is 0 Å². The number of aliphatic hydroxyl groups is 3. The lowest BCUT2D eigenvalue weighted by atomic mass is 9.34. The van der Waals surface area contributed by atoms with Crippen molar-refractivity contribution in [3.05, 3.63) is 11.6 Å². The predicted molar refractivity (Wildman–Crippen MR) is 160 cm³/mol. The number of carbonyl (C=O) groups is 2. The SMILES string of the molecule is CC1(C)CCC2C(=O)CC3(C)C(=CCC4C5(C)CCC(OC6OC(C(=O)O)C(O)C(O)C6O)C(C)(C)C5CCC43C)C2C1. The topological polar surface area (TPSA) is 134 Å². The zero-order chi connectivity index (χ0) is 31.5. The highest BCUT2D eigenvalue weighted by atomic mass is 16.7. The molecule has 6 rings (SSSR count). The quantitative estimate of drug-likeness (QED) is 0.266. The van der Waals surface area contributed by atoms with E-state index in [1.807, 2.05) is 0 Å². The molecular formula is C35H54O8. The molecule has 43 heavy (non-hydrogen) atoms. The number of Topliss-reactive ketones (excluding diaryl/α,β-unsaturated/α-hetero) is 1. The molecule has 8 heteroatoms. The fourth-order valence-electron chi connectivity index (χ4n) is 11.7. The van der Waals surface area contributed by atoms with E-state index in [1.165, 1.54) is 0 Å². The molecule has 6 aliphatic rings. The highest BCUT2D eigenvalue weighted by molar-refractivity contribution is 5.85. The molecule has 8 nitrogen and oxygen atoms in total. The van der Waals surface area contributed by atoms with Gasteiger partial charge in [0.15, 0.2) is 12.4 Å². The maximum absolute atomic E-state index is 13.8. The van der Waals surface area contributed by atoms with Crippen LogP contribution >= 0.6 is 0 Å². The molecule has 4 saturated carbocycles. The second kappa shape index (κ2) is 10.1. The molecule has 4 N–H and O–H groups in total. The van der Waals surface area contributed by atoms with Gasteiger partial charge >= 0.3 is 5.97 Å². The molecule has 0 bridgehead atoms. The standard InChI is InChI=1S/C35H54O8/c1-31(2)13-10-18-19(16-31)20-8-9-23-33(5)14-12-24(42-30-27(39)25(37)26(38)28(43-30)29(40)41)32(3,4)22(33)11-15-34(23,6)35(20,7)17-21(18)36/h8,18-19,22-28,30,37-39H,9-17H2,1-7H3,(H,40,41). The van der Waals surface area contributed by atoms with E-state index in [4.69, 9.17) is 9.47 Å². The third kappa shape index (κ3) is 4.47. The third-order valence-corrected chi connectivity index (χ3v) is 14.3. The molecule has 0 aromatic heterocycles. The smallest absolute Gasteiger partial charge is 0.335 e. The lowest BCUT2D eigenvalue weighted by Crippen LogP contribution is -2.66. The first-order valence-electron chi connectivity index (χ1n) is 16.7. The second-order valence-corrected chi connectivity index (χ2v) is 17.3. The van der Waals surface area contributed by atoms with Gasteiger partial charge in [0, 0.05) is 17.8 Å². The van der Waals surface area contributed by atoms with E-state index in [-0.39, 0.29) is 39.1 Å². The van der Waals surface area contributed by atoms with Crippen molar-refractivity contribution in [3.63, 3.8) is 0 Å². The number of carboxylic acid groups (broad SMARTS) is 1. The van der Waals surface area contributed by atoms with Crippen molar-refractivity contribution >= 4 is 11.8 Å². The fourth-order valence-corrected chi connectivity index (χ4v) is 11.7. The van der Waals surface area contributed by atoms with Crippen molar-refractivity contribution in [2.75, 3.05) is 0 Å². The van der Waals surface area contributed by atoms with Gasteiger partial charge in [-0.25, -0.2) is 4.79 Å². The van der Waals surface area contributed by atoms with Crippen LogP contribution in [0.3, 0.4) is 0 Å². The number of aliphatic carboxylic acids is 1. The molecule has 13 unspecified atom stereocenters. The summed E-state index contributed by atoms with van der Waals surface area (Å²) >= 11 is 0. The van der Waals surface area contributed by atoms with E-state index in [1.54, 1.807) is 5.57 Å². The monoisotopic (exact) mass is 602 g/mol. The summed E-state index contributed by atoms with van der Waals surface area (Å²) in [5, 5.41) is 40.7. The second-order valence-electron chi connectivity index (χ2n) is 17.3. The Morgan fingerprint density at radius 1 is 0.884 bits per heavy atom. The minimum absolute atomic E-state index is 0.00591. The maximum Gasteiger partial charge on any atom is 0.335 e. The highest BCUT2D eigenvalue weighted by Gasteiger charge is 2.68. The first-order valence-corrected chi connectivity index (χ1v) is 16.7. The van der Waals surface area contributed by atoms with Gasteiger partial charge in [-0.1, -0.05) is 60.1 Å². The summed E-state index contributed by atoms with van der Waals surface area (Å²) in [6.45, 7) is 16.5. The van der Waals surface area contributed by atoms with Crippen LogP contribution in [0.15, 0.2) is 11.6 Å². The predicted octanol–water partition coefficient (Wildman–Crippen LogP) is 4.87. The fraction of sp³-hybridized carbons (Fsp3) is 0.886. The highest BCUT2D eigenvalue weighted by Crippen LogP contribution is 2.74. The van der Waals surface area contributed by atoms with Gasteiger partial charge < -0.3 is 29.9 Å². The Hall–Kier alpha value is -1.32. The number of rotatable bonds is 3. The molecule has 13 atom stereocenters.